The van der Waals surface area contributed by atoms with Gasteiger partial charge in [-0.15, -0.1) is 0 Å². The summed E-state index contributed by atoms with van der Waals surface area (Å²) in [5.74, 6) is 1.76. The Morgan fingerprint density at radius 2 is 2.26 bits per heavy atom. The molecule has 1 saturated heterocycles. The first-order chi connectivity index (χ1) is 9.22. The molecular weight excluding hydrogens is 240 g/mol. The molecule has 1 fully saturated rings. The number of rotatable bonds is 3. The van der Waals surface area contributed by atoms with E-state index in [-0.39, 0.29) is 5.41 Å². The van der Waals surface area contributed by atoms with Gasteiger partial charge in [-0.05, 0) is 31.0 Å². The van der Waals surface area contributed by atoms with E-state index in [0.29, 0.717) is 11.7 Å². The van der Waals surface area contributed by atoms with Gasteiger partial charge in [0.25, 0.3) is 0 Å². The van der Waals surface area contributed by atoms with Crippen LogP contribution in [0.15, 0.2) is 28.9 Å². The van der Waals surface area contributed by atoms with Crippen molar-refractivity contribution in [3.8, 4) is 11.5 Å². The van der Waals surface area contributed by atoms with Crippen molar-refractivity contribution < 1.29 is 4.52 Å². The fourth-order valence-corrected chi connectivity index (χ4v) is 2.66. The molecule has 5 nitrogen and oxygen atoms in total. The topological polar surface area (TPSA) is 63.8 Å². The van der Waals surface area contributed by atoms with Gasteiger partial charge in [0, 0.05) is 12.7 Å². The third kappa shape index (κ3) is 2.04. The van der Waals surface area contributed by atoms with Crippen LogP contribution in [-0.4, -0.2) is 28.2 Å². The van der Waals surface area contributed by atoms with Gasteiger partial charge < -0.3 is 9.84 Å². The zero-order chi connectivity index (χ0) is 13.3. The van der Waals surface area contributed by atoms with Crippen LogP contribution in [0.2, 0.25) is 0 Å². The predicted octanol–water partition coefficient (Wildman–Crippen LogP) is 2.02. The maximum Gasteiger partial charge on any atom is 0.234 e. The van der Waals surface area contributed by atoms with Gasteiger partial charge in [-0.1, -0.05) is 25.1 Å². The first-order valence-corrected chi connectivity index (χ1v) is 6.69. The van der Waals surface area contributed by atoms with Gasteiger partial charge >= 0.3 is 0 Å². The van der Waals surface area contributed by atoms with Gasteiger partial charge in [-0.25, -0.2) is 0 Å². The van der Waals surface area contributed by atoms with Crippen molar-refractivity contribution in [2.45, 2.75) is 25.7 Å². The molecule has 0 bridgehead atoms. The number of nitrogens with zero attached hydrogens (tertiary/aromatic N) is 3. The second-order valence-electron chi connectivity index (χ2n) is 5.38. The van der Waals surface area contributed by atoms with Gasteiger partial charge in [0.05, 0.1) is 5.41 Å². The molecule has 100 valence electrons. The number of hydrogen-bond acceptors (Lipinski definition) is 5. The monoisotopic (exact) mass is 258 g/mol. The van der Waals surface area contributed by atoms with Crippen LogP contribution in [0, 0.1) is 5.92 Å². The van der Waals surface area contributed by atoms with Crippen molar-refractivity contribution >= 4 is 0 Å². The van der Waals surface area contributed by atoms with Gasteiger partial charge in [0.15, 0.2) is 0 Å². The van der Waals surface area contributed by atoms with E-state index in [2.05, 4.69) is 34.3 Å². The highest BCUT2D eigenvalue weighted by molar-refractivity contribution is 5.47. The molecule has 1 unspecified atom stereocenters. The molecule has 0 spiro atoms. The summed E-state index contributed by atoms with van der Waals surface area (Å²) in [5, 5.41) is 7.48. The van der Waals surface area contributed by atoms with Crippen molar-refractivity contribution in [1.82, 2.24) is 20.4 Å². The number of nitrogens with one attached hydrogen (secondary N) is 1. The summed E-state index contributed by atoms with van der Waals surface area (Å²) in [4.78, 5) is 8.83. The Morgan fingerprint density at radius 1 is 1.37 bits per heavy atom. The van der Waals surface area contributed by atoms with Gasteiger partial charge in [0.2, 0.25) is 11.7 Å². The minimum absolute atomic E-state index is 0.0416. The summed E-state index contributed by atoms with van der Waals surface area (Å²) in [6.45, 7) is 6.31. The molecule has 2 aromatic heterocycles. The van der Waals surface area contributed by atoms with Crippen LogP contribution in [0.1, 0.15) is 26.2 Å². The van der Waals surface area contributed by atoms with Gasteiger partial charge in [0.1, 0.15) is 5.69 Å². The second kappa shape index (κ2) is 4.74. The molecule has 0 aromatic carbocycles. The minimum atomic E-state index is -0.0416. The van der Waals surface area contributed by atoms with Crippen LogP contribution in [0.3, 0.4) is 0 Å². The molecule has 19 heavy (non-hydrogen) atoms. The van der Waals surface area contributed by atoms with E-state index in [4.69, 9.17) is 4.52 Å². The molecule has 0 aliphatic carbocycles. The van der Waals surface area contributed by atoms with Gasteiger partial charge in [-0.2, -0.15) is 4.98 Å². The quantitative estimate of drug-likeness (QED) is 0.912. The lowest BCUT2D eigenvalue weighted by molar-refractivity contribution is 0.234. The molecule has 1 aliphatic heterocycles. The number of hydrogen-bond donors (Lipinski definition) is 1. The standard InChI is InChI=1S/C14H18N4O/c1-10(2)14(6-8-15-9-14)13-17-12(18-19-13)11-5-3-4-7-16-11/h3-5,7,10,15H,6,8-9H2,1-2H3. The van der Waals surface area contributed by atoms with Crippen LogP contribution in [0.4, 0.5) is 0 Å². The van der Waals surface area contributed by atoms with Crippen molar-refractivity contribution in [2.24, 2.45) is 5.92 Å². The molecule has 2 aromatic rings. The maximum absolute atomic E-state index is 5.53. The number of pyridine rings is 1. The summed E-state index contributed by atoms with van der Waals surface area (Å²) >= 11 is 0. The molecule has 0 amide bonds. The first-order valence-electron chi connectivity index (χ1n) is 6.69. The van der Waals surface area contributed by atoms with E-state index in [1.807, 2.05) is 18.2 Å². The lowest BCUT2D eigenvalue weighted by atomic mass is 9.76. The van der Waals surface area contributed by atoms with Crippen LogP contribution in [-0.2, 0) is 5.41 Å². The van der Waals surface area contributed by atoms with Crippen LogP contribution in [0.5, 0.6) is 0 Å². The predicted molar refractivity (Wildman–Crippen MR) is 71.5 cm³/mol. The molecule has 5 heteroatoms. The summed E-state index contributed by atoms with van der Waals surface area (Å²) in [5.41, 5.74) is 0.711. The third-order valence-corrected chi connectivity index (χ3v) is 4.04. The average Bonchev–Trinajstić information content (AvgIpc) is 3.09. The molecule has 3 rings (SSSR count). The smallest absolute Gasteiger partial charge is 0.234 e. The van der Waals surface area contributed by atoms with E-state index in [0.717, 1.165) is 31.1 Å². The van der Waals surface area contributed by atoms with E-state index in [1.54, 1.807) is 6.20 Å². The largest absolute Gasteiger partial charge is 0.338 e. The molecule has 1 aliphatic rings. The van der Waals surface area contributed by atoms with Crippen molar-refractivity contribution in [3.63, 3.8) is 0 Å². The fraction of sp³-hybridized carbons (Fsp3) is 0.500. The molecule has 1 atom stereocenters. The Hall–Kier alpha value is -1.75. The Morgan fingerprint density at radius 3 is 2.89 bits per heavy atom. The van der Waals surface area contributed by atoms with Crippen LogP contribution < -0.4 is 5.32 Å². The van der Waals surface area contributed by atoms with Crippen LogP contribution in [0.25, 0.3) is 11.5 Å². The number of aromatic nitrogens is 3. The Kier molecular flexibility index (Phi) is 3.06. The zero-order valence-electron chi connectivity index (χ0n) is 11.3. The summed E-state index contributed by atoms with van der Waals surface area (Å²) in [6.07, 6.45) is 2.77. The molecule has 3 heterocycles. The lowest BCUT2D eigenvalue weighted by Crippen LogP contribution is -2.35. The Bertz CT molecular complexity index is 544. The van der Waals surface area contributed by atoms with Crippen molar-refractivity contribution in [1.29, 1.82) is 0 Å². The molecular formula is C14H18N4O. The Labute approximate surface area is 112 Å². The maximum atomic E-state index is 5.53. The molecule has 0 radical (unpaired) electrons. The van der Waals surface area contributed by atoms with Crippen LogP contribution >= 0.6 is 0 Å². The fourth-order valence-electron chi connectivity index (χ4n) is 2.66. The van der Waals surface area contributed by atoms with E-state index in [1.165, 1.54) is 0 Å². The highest BCUT2D eigenvalue weighted by Crippen LogP contribution is 2.37. The normalized spacial score (nSPS) is 23.1. The minimum Gasteiger partial charge on any atom is -0.338 e. The molecule has 1 N–H and O–H groups in total. The van der Waals surface area contributed by atoms with Crippen molar-refractivity contribution in [3.05, 3.63) is 30.3 Å². The summed E-state index contributed by atoms with van der Waals surface area (Å²) in [6, 6.07) is 5.69. The molecule has 0 saturated carbocycles. The summed E-state index contributed by atoms with van der Waals surface area (Å²) < 4.78 is 5.53. The van der Waals surface area contributed by atoms with E-state index >= 15 is 0 Å². The first kappa shape index (κ1) is 12.3. The van der Waals surface area contributed by atoms with E-state index < -0.39 is 0 Å². The van der Waals surface area contributed by atoms with E-state index in [9.17, 15) is 0 Å². The highest BCUT2D eigenvalue weighted by Gasteiger charge is 2.43. The lowest BCUT2D eigenvalue weighted by Gasteiger charge is -2.27. The van der Waals surface area contributed by atoms with Gasteiger partial charge in [-0.3, -0.25) is 4.98 Å². The summed E-state index contributed by atoms with van der Waals surface area (Å²) in [7, 11) is 0. The zero-order valence-corrected chi connectivity index (χ0v) is 11.3. The second-order valence-corrected chi connectivity index (χ2v) is 5.38. The van der Waals surface area contributed by atoms with Crippen molar-refractivity contribution in [2.75, 3.05) is 13.1 Å². The average molecular weight is 258 g/mol. The third-order valence-electron chi connectivity index (χ3n) is 4.04. The SMILES string of the molecule is CC(C)C1(c2nc(-c3ccccn3)no2)CCNC1. The highest BCUT2D eigenvalue weighted by atomic mass is 16.5. The Balaban J connectivity index is 1.97.